The molecule has 7 heteroatoms. The molecule has 0 bridgehead atoms. The molecule has 2 aromatic heterocycles. The molecule has 7 nitrogen and oxygen atoms in total. The molecule has 0 unspecified atom stereocenters. The lowest BCUT2D eigenvalue weighted by atomic mass is 10.1. The molecule has 0 atom stereocenters. The summed E-state index contributed by atoms with van der Waals surface area (Å²) < 4.78 is 6.83. The van der Waals surface area contributed by atoms with E-state index in [0.717, 1.165) is 11.1 Å². The average molecular weight is 352 g/mol. The number of benzene rings is 1. The number of rotatable bonds is 8. The quantitative estimate of drug-likeness (QED) is 0.649. The van der Waals surface area contributed by atoms with E-state index < -0.39 is 0 Å². The molecule has 0 saturated heterocycles. The van der Waals surface area contributed by atoms with Gasteiger partial charge >= 0.3 is 0 Å². The third-order valence-electron chi connectivity index (χ3n) is 3.87. The van der Waals surface area contributed by atoms with Crippen LogP contribution in [0.5, 0.6) is 0 Å². The van der Waals surface area contributed by atoms with Gasteiger partial charge in [0.2, 0.25) is 5.91 Å². The number of hydrogen-bond acceptors (Lipinski definition) is 4. The van der Waals surface area contributed by atoms with Crippen LogP contribution in [0.3, 0.4) is 0 Å². The first-order chi connectivity index (χ1) is 12.7. The van der Waals surface area contributed by atoms with Gasteiger partial charge in [0.1, 0.15) is 0 Å². The molecule has 26 heavy (non-hydrogen) atoms. The van der Waals surface area contributed by atoms with Crippen LogP contribution in [0.4, 0.5) is 0 Å². The molecule has 3 aromatic rings. The number of amides is 2. The molecule has 0 aliphatic heterocycles. The maximum absolute atomic E-state index is 12.0. The minimum atomic E-state index is -0.327. The Bertz CT molecular complexity index is 842. The zero-order chi connectivity index (χ0) is 18.2. The Morgan fingerprint density at radius 1 is 1.04 bits per heavy atom. The smallest absolute Gasteiger partial charge is 0.286 e. The van der Waals surface area contributed by atoms with Crippen LogP contribution < -0.4 is 10.6 Å². The van der Waals surface area contributed by atoms with E-state index in [4.69, 9.17) is 4.42 Å². The Morgan fingerprint density at radius 2 is 1.88 bits per heavy atom. The van der Waals surface area contributed by atoms with E-state index in [9.17, 15) is 9.59 Å². The number of carbonyl (C=O) groups is 2. The summed E-state index contributed by atoms with van der Waals surface area (Å²) in [4.78, 5) is 23.7. The van der Waals surface area contributed by atoms with Crippen LogP contribution in [0.2, 0.25) is 0 Å². The Morgan fingerprint density at radius 3 is 2.62 bits per heavy atom. The van der Waals surface area contributed by atoms with Crippen molar-refractivity contribution in [2.75, 3.05) is 6.54 Å². The summed E-state index contributed by atoms with van der Waals surface area (Å²) in [5.41, 5.74) is 2.14. The van der Waals surface area contributed by atoms with Gasteiger partial charge in [-0.15, -0.1) is 0 Å². The maximum atomic E-state index is 12.0. The van der Waals surface area contributed by atoms with E-state index >= 15 is 0 Å². The van der Waals surface area contributed by atoms with Crippen LogP contribution in [-0.4, -0.2) is 28.1 Å². The van der Waals surface area contributed by atoms with E-state index in [1.165, 1.54) is 6.26 Å². The van der Waals surface area contributed by atoms with E-state index in [-0.39, 0.29) is 30.5 Å². The van der Waals surface area contributed by atoms with Gasteiger partial charge in [0, 0.05) is 31.9 Å². The van der Waals surface area contributed by atoms with Crippen molar-refractivity contribution >= 4 is 11.8 Å². The number of aromatic nitrogens is 2. The van der Waals surface area contributed by atoms with Gasteiger partial charge in [-0.3, -0.25) is 14.3 Å². The molecule has 2 heterocycles. The van der Waals surface area contributed by atoms with Gasteiger partial charge in [-0.1, -0.05) is 24.3 Å². The Balaban J connectivity index is 1.45. The summed E-state index contributed by atoms with van der Waals surface area (Å²) in [5, 5.41) is 9.74. The molecule has 0 aliphatic rings. The second-order valence-electron chi connectivity index (χ2n) is 5.73. The molecule has 1 aromatic carbocycles. The molecular formula is C19H20N4O3. The van der Waals surface area contributed by atoms with Crippen LogP contribution in [0, 0.1) is 0 Å². The Labute approximate surface area is 151 Å². The molecule has 0 saturated carbocycles. The molecule has 0 spiro atoms. The van der Waals surface area contributed by atoms with Crippen LogP contribution in [0.1, 0.15) is 28.1 Å². The second-order valence-corrected chi connectivity index (χ2v) is 5.73. The van der Waals surface area contributed by atoms with Gasteiger partial charge in [-0.25, -0.2) is 0 Å². The fourth-order valence-electron chi connectivity index (χ4n) is 2.52. The fourth-order valence-corrected chi connectivity index (χ4v) is 2.52. The number of hydrogen-bond donors (Lipinski definition) is 2. The first-order valence-electron chi connectivity index (χ1n) is 8.35. The van der Waals surface area contributed by atoms with E-state index in [0.29, 0.717) is 13.1 Å². The second kappa shape index (κ2) is 8.66. The van der Waals surface area contributed by atoms with Crippen LogP contribution in [0.15, 0.2) is 65.5 Å². The minimum Gasteiger partial charge on any atom is -0.459 e. The predicted octanol–water partition coefficient (Wildman–Crippen LogP) is 1.96. The first kappa shape index (κ1) is 17.5. The monoisotopic (exact) mass is 352 g/mol. The van der Waals surface area contributed by atoms with Gasteiger partial charge in [-0.2, -0.15) is 5.10 Å². The zero-order valence-electron chi connectivity index (χ0n) is 14.2. The lowest BCUT2D eigenvalue weighted by Gasteiger charge is -2.11. The molecule has 0 radical (unpaired) electrons. The Hall–Kier alpha value is -3.35. The third-order valence-corrected chi connectivity index (χ3v) is 3.87. The van der Waals surface area contributed by atoms with E-state index in [1.807, 2.05) is 41.2 Å². The molecule has 0 fully saturated rings. The summed E-state index contributed by atoms with van der Waals surface area (Å²) in [6.45, 7) is 1.33. The number of nitrogens with one attached hydrogen (secondary N) is 2. The summed E-state index contributed by atoms with van der Waals surface area (Å²) >= 11 is 0. The average Bonchev–Trinajstić information content (AvgIpc) is 3.35. The standard InChI is InChI=1S/C19H20N4O3/c24-18(8-10-20-19(25)17-7-3-12-26-17)21-13-15-5-1-2-6-16(15)14-23-11-4-9-22-23/h1-7,9,11-12H,8,10,13-14H2,(H,20,25)(H,21,24). The zero-order valence-corrected chi connectivity index (χ0v) is 14.2. The number of carbonyl (C=O) groups excluding carboxylic acids is 2. The first-order valence-corrected chi connectivity index (χ1v) is 8.35. The van der Waals surface area contributed by atoms with Crippen molar-refractivity contribution in [2.24, 2.45) is 0 Å². The summed E-state index contributed by atoms with van der Waals surface area (Å²) in [5.74, 6) is -0.219. The molecule has 2 amide bonds. The maximum Gasteiger partial charge on any atom is 0.286 e. The van der Waals surface area contributed by atoms with Crippen molar-refractivity contribution in [3.8, 4) is 0 Å². The molecule has 134 valence electrons. The van der Waals surface area contributed by atoms with Crippen molar-refractivity contribution in [1.29, 1.82) is 0 Å². The van der Waals surface area contributed by atoms with Crippen molar-refractivity contribution in [1.82, 2.24) is 20.4 Å². The van der Waals surface area contributed by atoms with Crippen molar-refractivity contribution < 1.29 is 14.0 Å². The fraction of sp³-hybridized carbons (Fsp3) is 0.211. The number of furan rings is 1. The highest BCUT2D eigenvalue weighted by molar-refractivity contribution is 5.91. The van der Waals surface area contributed by atoms with Gasteiger partial charge in [-0.05, 0) is 29.3 Å². The normalized spacial score (nSPS) is 10.5. The highest BCUT2D eigenvalue weighted by Gasteiger charge is 2.09. The van der Waals surface area contributed by atoms with Crippen molar-refractivity contribution in [3.63, 3.8) is 0 Å². The topological polar surface area (TPSA) is 89.2 Å². The SMILES string of the molecule is O=C(CCNC(=O)c1ccco1)NCc1ccccc1Cn1cccn1. The summed E-state index contributed by atoms with van der Waals surface area (Å²) in [7, 11) is 0. The third kappa shape index (κ3) is 4.83. The summed E-state index contributed by atoms with van der Waals surface area (Å²) in [6.07, 6.45) is 5.27. The van der Waals surface area contributed by atoms with Crippen LogP contribution in [0.25, 0.3) is 0 Å². The molecule has 3 rings (SSSR count). The summed E-state index contributed by atoms with van der Waals surface area (Å²) in [6, 6.07) is 13.0. The molecule has 2 N–H and O–H groups in total. The van der Waals surface area contributed by atoms with Gasteiger partial charge in [0.05, 0.1) is 12.8 Å². The lowest BCUT2D eigenvalue weighted by Crippen LogP contribution is -2.30. The van der Waals surface area contributed by atoms with Gasteiger partial charge in [0.15, 0.2) is 5.76 Å². The van der Waals surface area contributed by atoms with Crippen LogP contribution >= 0.6 is 0 Å². The predicted molar refractivity (Wildman–Crippen MR) is 95.3 cm³/mol. The minimum absolute atomic E-state index is 0.126. The van der Waals surface area contributed by atoms with E-state index in [1.54, 1.807) is 18.3 Å². The highest BCUT2D eigenvalue weighted by Crippen LogP contribution is 2.10. The van der Waals surface area contributed by atoms with Gasteiger partial charge in [0.25, 0.3) is 5.91 Å². The Kier molecular flexibility index (Phi) is 5.82. The van der Waals surface area contributed by atoms with Crippen molar-refractivity contribution in [3.05, 3.63) is 78.0 Å². The lowest BCUT2D eigenvalue weighted by molar-refractivity contribution is -0.121. The number of nitrogens with zero attached hydrogens (tertiary/aromatic N) is 2. The highest BCUT2D eigenvalue weighted by atomic mass is 16.3. The van der Waals surface area contributed by atoms with E-state index in [2.05, 4.69) is 15.7 Å². The molecular weight excluding hydrogens is 332 g/mol. The van der Waals surface area contributed by atoms with Crippen molar-refractivity contribution in [2.45, 2.75) is 19.5 Å². The van der Waals surface area contributed by atoms with Gasteiger partial charge < -0.3 is 15.1 Å². The largest absolute Gasteiger partial charge is 0.459 e. The van der Waals surface area contributed by atoms with Crippen LogP contribution in [-0.2, 0) is 17.9 Å². The molecule has 0 aliphatic carbocycles.